The first kappa shape index (κ1) is 21.4. The minimum atomic E-state index is -0.521. The Morgan fingerprint density at radius 3 is 2.35 bits per heavy atom. The van der Waals surface area contributed by atoms with Crippen LogP contribution < -0.4 is 11.1 Å². The molecule has 0 aliphatic carbocycles. The molecule has 2 rings (SSSR count). The quantitative estimate of drug-likeness (QED) is 0.874. The van der Waals surface area contributed by atoms with E-state index in [0.29, 0.717) is 6.54 Å². The van der Waals surface area contributed by atoms with Crippen LogP contribution in [0.3, 0.4) is 0 Å². The first-order valence-electron chi connectivity index (χ1n) is 6.85. The fraction of sp³-hybridized carbons (Fsp3) is 0.400. The number of benzene rings is 1. The SMILES string of the molecule is CC(C)(C)[C@H](N)C(=O)NCc1ccc(-n2cncn2)cc1.Cl.Cl. The van der Waals surface area contributed by atoms with Gasteiger partial charge in [0.25, 0.3) is 0 Å². The van der Waals surface area contributed by atoms with E-state index in [1.165, 1.54) is 6.33 Å². The molecule has 0 unspecified atom stereocenters. The summed E-state index contributed by atoms with van der Waals surface area (Å²) in [4.78, 5) is 15.9. The second-order valence-electron chi connectivity index (χ2n) is 6.07. The molecule has 1 aromatic carbocycles. The van der Waals surface area contributed by atoms with Crippen molar-refractivity contribution in [1.29, 1.82) is 0 Å². The Morgan fingerprint density at radius 1 is 1.26 bits per heavy atom. The first-order chi connectivity index (χ1) is 9.88. The lowest BCUT2D eigenvalue weighted by molar-refractivity contribution is -0.124. The zero-order valence-electron chi connectivity index (χ0n) is 13.4. The summed E-state index contributed by atoms with van der Waals surface area (Å²) in [7, 11) is 0. The lowest BCUT2D eigenvalue weighted by Gasteiger charge is -2.25. The zero-order chi connectivity index (χ0) is 15.5. The molecule has 1 amide bonds. The standard InChI is InChI=1S/C15H21N5O.2ClH/c1-15(2,3)13(16)14(21)18-8-11-4-6-12(7-5-11)20-10-17-9-19-20;;/h4-7,9-10,13H,8,16H2,1-3H3,(H,18,21);2*1H/t13-;;/m1../s1. The Kier molecular flexibility index (Phi) is 8.23. The predicted molar refractivity (Wildman–Crippen MR) is 95.1 cm³/mol. The molecule has 8 heteroatoms. The summed E-state index contributed by atoms with van der Waals surface area (Å²) in [5, 5.41) is 6.92. The number of rotatable bonds is 4. The predicted octanol–water partition coefficient (Wildman–Crippen LogP) is 2.10. The fourth-order valence-corrected chi connectivity index (χ4v) is 1.80. The molecule has 2 aromatic rings. The van der Waals surface area contributed by atoms with Crippen LogP contribution in [-0.2, 0) is 11.3 Å². The van der Waals surface area contributed by atoms with Crippen LogP contribution in [0.5, 0.6) is 0 Å². The van der Waals surface area contributed by atoms with Crippen LogP contribution in [-0.4, -0.2) is 26.7 Å². The molecule has 23 heavy (non-hydrogen) atoms. The van der Waals surface area contributed by atoms with Crippen molar-refractivity contribution in [2.45, 2.75) is 33.4 Å². The number of aromatic nitrogens is 3. The molecule has 128 valence electrons. The van der Waals surface area contributed by atoms with E-state index in [0.717, 1.165) is 11.3 Å². The topological polar surface area (TPSA) is 85.8 Å². The Hall–Kier alpha value is -1.63. The molecule has 6 nitrogen and oxygen atoms in total. The summed E-state index contributed by atoms with van der Waals surface area (Å²) in [5.74, 6) is -0.136. The molecule has 1 atom stereocenters. The maximum atomic E-state index is 12.0. The van der Waals surface area contributed by atoms with Gasteiger partial charge in [0.15, 0.2) is 0 Å². The number of nitrogens with two attached hydrogens (primary N) is 1. The fourth-order valence-electron chi connectivity index (χ4n) is 1.80. The van der Waals surface area contributed by atoms with Crippen molar-refractivity contribution in [2.75, 3.05) is 0 Å². The minimum absolute atomic E-state index is 0. The third kappa shape index (κ3) is 5.82. The number of hydrogen-bond acceptors (Lipinski definition) is 4. The minimum Gasteiger partial charge on any atom is -0.351 e. The van der Waals surface area contributed by atoms with Crippen molar-refractivity contribution in [3.63, 3.8) is 0 Å². The average Bonchev–Trinajstić information content (AvgIpc) is 2.97. The van der Waals surface area contributed by atoms with E-state index in [-0.39, 0.29) is 36.1 Å². The number of nitrogens with zero attached hydrogens (tertiary/aromatic N) is 3. The van der Waals surface area contributed by atoms with Crippen molar-refractivity contribution in [3.8, 4) is 5.69 Å². The highest BCUT2D eigenvalue weighted by Crippen LogP contribution is 2.17. The van der Waals surface area contributed by atoms with Gasteiger partial charge in [-0.1, -0.05) is 32.9 Å². The summed E-state index contributed by atoms with van der Waals surface area (Å²) < 4.78 is 1.68. The van der Waals surface area contributed by atoms with E-state index in [9.17, 15) is 4.79 Å². The van der Waals surface area contributed by atoms with E-state index in [1.807, 2.05) is 45.0 Å². The van der Waals surface area contributed by atoms with Crippen molar-refractivity contribution in [3.05, 3.63) is 42.5 Å². The first-order valence-corrected chi connectivity index (χ1v) is 6.85. The Labute approximate surface area is 148 Å². The molecule has 3 N–H and O–H groups in total. The van der Waals surface area contributed by atoms with Crippen molar-refractivity contribution >= 4 is 30.7 Å². The second-order valence-corrected chi connectivity index (χ2v) is 6.07. The van der Waals surface area contributed by atoms with Crippen LogP contribution >= 0.6 is 24.8 Å². The van der Waals surface area contributed by atoms with Crippen LogP contribution in [0.25, 0.3) is 5.69 Å². The van der Waals surface area contributed by atoms with Crippen LogP contribution in [0.2, 0.25) is 0 Å². The van der Waals surface area contributed by atoms with E-state index in [1.54, 1.807) is 11.0 Å². The van der Waals surface area contributed by atoms with Crippen molar-refractivity contribution < 1.29 is 4.79 Å². The van der Waals surface area contributed by atoms with Gasteiger partial charge in [0, 0.05) is 6.54 Å². The molecule has 1 aromatic heterocycles. The highest BCUT2D eigenvalue weighted by atomic mass is 35.5. The number of nitrogens with one attached hydrogen (secondary N) is 1. The number of carbonyl (C=O) groups excluding carboxylic acids is 1. The van der Waals surface area contributed by atoms with Gasteiger partial charge < -0.3 is 11.1 Å². The van der Waals surface area contributed by atoms with Crippen LogP contribution in [0, 0.1) is 5.41 Å². The summed E-state index contributed by atoms with van der Waals surface area (Å²) in [5.41, 5.74) is 7.60. The molecule has 0 saturated carbocycles. The Morgan fingerprint density at radius 2 is 1.87 bits per heavy atom. The summed E-state index contributed by atoms with van der Waals surface area (Å²) >= 11 is 0. The number of hydrogen-bond donors (Lipinski definition) is 2. The highest BCUT2D eigenvalue weighted by Gasteiger charge is 2.26. The van der Waals surface area contributed by atoms with Crippen LogP contribution in [0.4, 0.5) is 0 Å². The molecule has 0 spiro atoms. The van der Waals surface area contributed by atoms with Crippen molar-refractivity contribution in [2.24, 2.45) is 11.1 Å². The maximum Gasteiger partial charge on any atom is 0.237 e. The lowest BCUT2D eigenvalue weighted by atomic mass is 9.87. The number of amides is 1. The van der Waals surface area contributed by atoms with Crippen LogP contribution in [0.15, 0.2) is 36.9 Å². The summed E-state index contributed by atoms with van der Waals surface area (Å²) in [6, 6.07) is 7.23. The molecule has 0 aliphatic rings. The Balaban J connectivity index is 0.00000242. The smallest absolute Gasteiger partial charge is 0.237 e. The van der Waals surface area contributed by atoms with Gasteiger partial charge in [0.1, 0.15) is 12.7 Å². The zero-order valence-corrected chi connectivity index (χ0v) is 15.0. The van der Waals surface area contributed by atoms with Gasteiger partial charge in [-0.05, 0) is 23.1 Å². The molecule has 0 fully saturated rings. The number of halogens is 2. The number of carbonyl (C=O) groups is 1. The van der Waals surface area contributed by atoms with Gasteiger partial charge in [-0.15, -0.1) is 24.8 Å². The average molecular weight is 360 g/mol. The Bertz CT molecular complexity index is 593. The molecule has 0 bridgehead atoms. The van der Waals surface area contributed by atoms with Crippen molar-refractivity contribution in [1.82, 2.24) is 20.1 Å². The molecular formula is C15H23Cl2N5O. The molecular weight excluding hydrogens is 337 g/mol. The molecule has 0 radical (unpaired) electrons. The van der Waals surface area contributed by atoms with Gasteiger partial charge in [-0.3, -0.25) is 4.79 Å². The van der Waals surface area contributed by atoms with Crippen LogP contribution in [0.1, 0.15) is 26.3 Å². The maximum absolute atomic E-state index is 12.0. The van der Waals surface area contributed by atoms with Gasteiger partial charge in [-0.25, -0.2) is 9.67 Å². The monoisotopic (exact) mass is 359 g/mol. The van der Waals surface area contributed by atoms with E-state index >= 15 is 0 Å². The molecule has 1 heterocycles. The molecule has 0 aliphatic heterocycles. The van der Waals surface area contributed by atoms with Gasteiger partial charge in [0.2, 0.25) is 5.91 Å². The normalized spacial score (nSPS) is 11.8. The second kappa shape index (κ2) is 8.86. The van der Waals surface area contributed by atoms with Gasteiger partial charge >= 0.3 is 0 Å². The van der Waals surface area contributed by atoms with Gasteiger partial charge in [0.05, 0.1) is 11.7 Å². The summed E-state index contributed by atoms with van der Waals surface area (Å²) in [6.07, 6.45) is 3.13. The van der Waals surface area contributed by atoms with Gasteiger partial charge in [-0.2, -0.15) is 5.10 Å². The molecule has 0 saturated heterocycles. The lowest BCUT2D eigenvalue weighted by Crippen LogP contribution is -2.48. The summed E-state index contributed by atoms with van der Waals surface area (Å²) in [6.45, 7) is 6.30. The highest BCUT2D eigenvalue weighted by molar-refractivity contribution is 5.85. The van der Waals surface area contributed by atoms with E-state index in [2.05, 4.69) is 15.4 Å². The van der Waals surface area contributed by atoms with E-state index in [4.69, 9.17) is 5.73 Å². The van der Waals surface area contributed by atoms with E-state index < -0.39 is 6.04 Å². The third-order valence-corrected chi connectivity index (χ3v) is 3.30. The third-order valence-electron chi connectivity index (χ3n) is 3.30. The largest absolute Gasteiger partial charge is 0.351 e.